The van der Waals surface area contributed by atoms with Crippen molar-refractivity contribution in [3.05, 3.63) is 36.2 Å². The number of aliphatic carboxylic acids is 1. The van der Waals surface area contributed by atoms with Gasteiger partial charge in [-0.25, -0.2) is 4.98 Å². The second kappa shape index (κ2) is 6.31. The van der Waals surface area contributed by atoms with E-state index in [0.29, 0.717) is 17.8 Å². The molecule has 2 heterocycles. The number of hydrogen-bond acceptors (Lipinski definition) is 5. The number of hydrogen-bond donors (Lipinski definition) is 1. The molecule has 1 atom stereocenters. The summed E-state index contributed by atoms with van der Waals surface area (Å²) in [6.07, 6.45) is 1.42. The minimum atomic E-state index is -0.894. The third kappa shape index (κ3) is 3.04. The maximum atomic E-state index is 12.7. The normalized spacial score (nSPS) is 18.4. The second-order valence-electron chi connectivity index (χ2n) is 5.07. The Labute approximate surface area is 131 Å². The highest BCUT2D eigenvalue weighted by molar-refractivity contribution is 7.99. The fourth-order valence-corrected chi connectivity index (χ4v) is 3.56. The van der Waals surface area contributed by atoms with Crippen molar-refractivity contribution in [3.63, 3.8) is 0 Å². The molecule has 3 rings (SSSR count). The van der Waals surface area contributed by atoms with Crippen LogP contribution in [-0.4, -0.2) is 55.9 Å². The van der Waals surface area contributed by atoms with Crippen LogP contribution in [0.25, 0.3) is 11.0 Å². The van der Waals surface area contributed by atoms with E-state index in [4.69, 9.17) is 5.11 Å². The predicted molar refractivity (Wildman–Crippen MR) is 83.9 cm³/mol. The molecule has 0 bridgehead atoms. The van der Waals surface area contributed by atoms with Gasteiger partial charge in [-0.2, -0.15) is 11.8 Å². The average Bonchev–Trinajstić information content (AvgIpc) is 2.54. The van der Waals surface area contributed by atoms with Gasteiger partial charge in [-0.1, -0.05) is 12.1 Å². The maximum absolute atomic E-state index is 12.7. The highest BCUT2D eigenvalue weighted by atomic mass is 32.2. The molecule has 7 heteroatoms. The number of carbonyl (C=O) groups is 2. The molecular weight excluding hydrogens is 302 g/mol. The van der Waals surface area contributed by atoms with Crippen LogP contribution in [-0.2, 0) is 4.79 Å². The van der Waals surface area contributed by atoms with Gasteiger partial charge < -0.3 is 10.0 Å². The lowest BCUT2D eigenvalue weighted by Gasteiger charge is -2.34. The lowest BCUT2D eigenvalue weighted by molar-refractivity contribution is -0.138. The summed E-state index contributed by atoms with van der Waals surface area (Å²) >= 11 is 1.67. The molecule has 1 fully saturated rings. The third-order valence-corrected chi connectivity index (χ3v) is 4.66. The van der Waals surface area contributed by atoms with Crippen LogP contribution < -0.4 is 0 Å². The van der Waals surface area contributed by atoms with Gasteiger partial charge in [-0.05, 0) is 12.1 Å². The van der Waals surface area contributed by atoms with Crippen LogP contribution in [0.3, 0.4) is 0 Å². The summed E-state index contributed by atoms with van der Waals surface area (Å²) in [5, 5.41) is 9.00. The SMILES string of the molecule is O=C(O)CC1CSCCN1C(=O)c1cnc2ccccc2n1. The first-order chi connectivity index (χ1) is 10.6. The Morgan fingerprint density at radius 3 is 2.86 bits per heavy atom. The predicted octanol–water partition coefficient (Wildman–Crippen LogP) is 1.66. The van der Waals surface area contributed by atoms with Crippen LogP contribution in [0.1, 0.15) is 16.9 Å². The summed E-state index contributed by atoms with van der Waals surface area (Å²) < 4.78 is 0. The smallest absolute Gasteiger partial charge is 0.305 e. The van der Waals surface area contributed by atoms with Crippen LogP contribution in [0.4, 0.5) is 0 Å². The van der Waals surface area contributed by atoms with Crippen molar-refractivity contribution in [2.45, 2.75) is 12.5 Å². The first-order valence-corrected chi connectivity index (χ1v) is 8.13. The van der Waals surface area contributed by atoms with Crippen molar-refractivity contribution in [1.82, 2.24) is 14.9 Å². The first kappa shape index (κ1) is 14.8. The highest BCUT2D eigenvalue weighted by Gasteiger charge is 2.30. The number of benzene rings is 1. The van der Waals surface area contributed by atoms with Crippen LogP contribution in [0, 0.1) is 0 Å². The van der Waals surface area contributed by atoms with Crippen LogP contribution in [0.2, 0.25) is 0 Å². The molecule has 1 aliphatic rings. The van der Waals surface area contributed by atoms with Gasteiger partial charge in [0.1, 0.15) is 5.69 Å². The zero-order valence-electron chi connectivity index (χ0n) is 11.8. The number of nitrogens with zero attached hydrogens (tertiary/aromatic N) is 3. The third-order valence-electron chi connectivity index (χ3n) is 3.57. The van der Waals surface area contributed by atoms with Gasteiger partial charge in [0.05, 0.1) is 29.7 Å². The van der Waals surface area contributed by atoms with E-state index in [1.807, 2.05) is 18.2 Å². The first-order valence-electron chi connectivity index (χ1n) is 6.97. The van der Waals surface area contributed by atoms with Crippen molar-refractivity contribution in [3.8, 4) is 0 Å². The molecule has 114 valence electrons. The molecule has 1 N–H and O–H groups in total. The van der Waals surface area contributed by atoms with Gasteiger partial charge in [0.2, 0.25) is 0 Å². The van der Waals surface area contributed by atoms with E-state index in [9.17, 15) is 9.59 Å². The van der Waals surface area contributed by atoms with Gasteiger partial charge in [-0.15, -0.1) is 0 Å². The van der Waals surface area contributed by atoms with Crippen LogP contribution >= 0.6 is 11.8 Å². The Morgan fingerprint density at radius 1 is 1.32 bits per heavy atom. The molecule has 1 aromatic carbocycles. The Morgan fingerprint density at radius 2 is 2.09 bits per heavy atom. The fourth-order valence-electron chi connectivity index (χ4n) is 2.50. The summed E-state index contributed by atoms with van der Waals surface area (Å²) in [7, 11) is 0. The molecular formula is C15H15N3O3S. The zero-order valence-corrected chi connectivity index (χ0v) is 12.6. The number of carbonyl (C=O) groups excluding carboxylic acids is 1. The number of carboxylic acids is 1. The van der Waals surface area contributed by atoms with Crippen LogP contribution in [0.5, 0.6) is 0 Å². The molecule has 0 spiro atoms. The number of carboxylic acid groups (broad SMARTS) is 1. The number of aromatic nitrogens is 2. The highest BCUT2D eigenvalue weighted by Crippen LogP contribution is 2.21. The van der Waals surface area contributed by atoms with E-state index in [1.54, 1.807) is 22.7 Å². The monoisotopic (exact) mass is 317 g/mol. The molecule has 0 aliphatic carbocycles. The maximum Gasteiger partial charge on any atom is 0.305 e. The van der Waals surface area contributed by atoms with Gasteiger partial charge in [-0.3, -0.25) is 14.6 Å². The summed E-state index contributed by atoms with van der Waals surface area (Å²) in [6, 6.07) is 7.05. The van der Waals surface area contributed by atoms with Crippen molar-refractivity contribution < 1.29 is 14.7 Å². The van der Waals surface area contributed by atoms with Gasteiger partial charge in [0.25, 0.3) is 5.91 Å². The van der Waals surface area contributed by atoms with Crippen molar-refractivity contribution in [2.24, 2.45) is 0 Å². The van der Waals surface area contributed by atoms with Crippen molar-refractivity contribution in [2.75, 3.05) is 18.1 Å². The minimum Gasteiger partial charge on any atom is -0.481 e. The lowest BCUT2D eigenvalue weighted by Crippen LogP contribution is -2.47. The summed E-state index contributed by atoms with van der Waals surface area (Å²) in [4.78, 5) is 33.9. The number of amides is 1. The number of rotatable bonds is 3. The quantitative estimate of drug-likeness (QED) is 0.927. The van der Waals surface area contributed by atoms with E-state index in [2.05, 4.69) is 9.97 Å². The minimum absolute atomic E-state index is 0.0419. The largest absolute Gasteiger partial charge is 0.481 e. The molecule has 1 amide bonds. The summed E-state index contributed by atoms with van der Waals surface area (Å²) in [6.45, 7) is 0.538. The molecule has 1 aromatic heterocycles. The van der Waals surface area contributed by atoms with E-state index < -0.39 is 5.97 Å². The molecule has 2 aromatic rings. The fraction of sp³-hybridized carbons (Fsp3) is 0.333. The summed E-state index contributed by atoms with van der Waals surface area (Å²) in [5.74, 6) is 0.307. The van der Waals surface area contributed by atoms with E-state index in [1.165, 1.54) is 6.20 Å². The molecule has 22 heavy (non-hydrogen) atoms. The Bertz CT molecular complexity index is 722. The van der Waals surface area contributed by atoms with Gasteiger partial charge >= 0.3 is 5.97 Å². The average molecular weight is 317 g/mol. The second-order valence-corrected chi connectivity index (χ2v) is 6.22. The lowest BCUT2D eigenvalue weighted by atomic mass is 10.2. The molecule has 1 aliphatic heterocycles. The molecule has 6 nitrogen and oxygen atoms in total. The van der Waals surface area contributed by atoms with Gasteiger partial charge in [0, 0.05) is 18.1 Å². The molecule has 1 unspecified atom stereocenters. The Balaban J connectivity index is 1.87. The molecule has 0 radical (unpaired) electrons. The zero-order chi connectivity index (χ0) is 15.5. The Hall–Kier alpha value is -2.15. The Kier molecular flexibility index (Phi) is 4.24. The van der Waals surface area contributed by atoms with Gasteiger partial charge in [0.15, 0.2) is 0 Å². The van der Waals surface area contributed by atoms with Crippen molar-refractivity contribution in [1.29, 1.82) is 0 Å². The number of thioether (sulfide) groups is 1. The standard InChI is InChI=1S/C15H15N3O3S/c19-14(20)7-10-9-22-6-5-18(10)15(21)13-8-16-11-3-1-2-4-12(11)17-13/h1-4,8,10H,5-7,9H2,(H,19,20). The van der Waals surface area contributed by atoms with E-state index in [-0.39, 0.29) is 24.1 Å². The van der Waals surface area contributed by atoms with E-state index in [0.717, 1.165) is 11.3 Å². The topological polar surface area (TPSA) is 83.4 Å². The summed E-state index contributed by atoms with van der Waals surface area (Å²) in [5.41, 5.74) is 1.66. The van der Waals surface area contributed by atoms with Crippen LogP contribution in [0.15, 0.2) is 30.5 Å². The number of para-hydroxylation sites is 2. The van der Waals surface area contributed by atoms with Crippen molar-refractivity contribution >= 4 is 34.7 Å². The molecule has 1 saturated heterocycles. The molecule has 0 saturated carbocycles. The number of fused-ring (bicyclic) bond motifs is 1. The van der Waals surface area contributed by atoms with E-state index >= 15 is 0 Å².